The van der Waals surface area contributed by atoms with Gasteiger partial charge in [-0.1, -0.05) is 37.6 Å². The first-order chi connectivity index (χ1) is 12.5. The standard InChI is InChI=1S/C19H23ClN4O2/c1-14(2)13-24-18(25)8-7-16(21-24)19(26)23-11-9-22(10-12-23)17-6-4-3-5-15(17)20/h3-8,14H,9-13H2,1-2H3. The van der Waals surface area contributed by atoms with Crippen LogP contribution in [0.5, 0.6) is 0 Å². The number of piperazine rings is 1. The van der Waals surface area contributed by atoms with E-state index >= 15 is 0 Å². The van der Waals surface area contributed by atoms with Crippen molar-refractivity contribution in [2.75, 3.05) is 31.1 Å². The Labute approximate surface area is 158 Å². The molecule has 2 heterocycles. The molecular formula is C19H23ClN4O2. The number of anilines is 1. The fourth-order valence-corrected chi connectivity index (χ4v) is 3.32. The Morgan fingerprint density at radius 2 is 1.81 bits per heavy atom. The number of aromatic nitrogens is 2. The first kappa shape index (κ1) is 18.5. The summed E-state index contributed by atoms with van der Waals surface area (Å²) >= 11 is 6.26. The lowest BCUT2D eigenvalue weighted by Crippen LogP contribution is -2.49. The molecule has 138 valence electrons. The summed E-state index contributed by atoms with van der Waals surface area (Å²) in [6.45, 7) is 7.12. The maximum atomic E-state index is 12.8. The molecule has 26 heavy (non-hydrogen) atoms. The van der Waals surface area contributed by atoms with Crippen LogP contribution in [-0.4, -0.2) is 46.8 Å². The predicted octanol–water partition coefficient (Wildman–Crippen LogP) is 2.52. The van der Waals surface area contributed by atoms with E-state index in [9.17, 15) is 9.59 Å². The van der Waals surface area contributed by atoms with E-state index in [1.165, 1.54) is 16.8 Å². The van der Waals surface area contributed by atoms with Gasteiger partial charge in [0.2, 0.25) is 0 Å². The summed E-state index contributed by atoms with van der Waals surface area (Å²) in [4.78, 5) is 28.6. The van der Waals surface area contributed by atoms with Crippen molar-refractivity contribution in [3.63, 3.8) is 0 Å². The number of hydrogen-bond donors (Lipinski definition) is 0. The van der Waals surface area contributed by atoms with Gasteiger partial charge in [-0.25, -0.2) is 4.68 Å². The van der Waals surface area contributed by atoms with Crippen molar-refractivity contribution in [1.29, 1.82) is 0 Å². The molecule has 0 aliphatic carbocycles. The maximum Gasteiger partial charge on any atom is 0.274 e. The average molecular weight is 375 g/mol. The molecule has 0 unspecified atom stereocenters. The number of benzene rings is 1. The second-order valence-electron chi connectivity index (χ2n) is 6.86. The summed E-state index contributed by atoms with van der Waals surface area (Å²) in [6, 6.07) is 10.7. The lowest BCUT2D eigenvalue weighted by atomic mass is 10.2. The third-order valence-electron chi connectivity index (χ3n) is 4.38. The van der Waals surface area contributed by atoms with Gasteiger partial charge in [0, 0.05) is 38.8 Å². The van der Waals surface area contributed by atoms with Crippen LogP contribution in [0.25, 0.3) is 0 Å². The van der Waals surface area contributed by atoms with E-state index in [0.717, 1.165) is 10.7 Å². The minimum Gasteiger partial charge on any atom is -0.367 e. The van der Waals surface area contributed by atoms with Gasteiger partial charge < -0.3 is 9.80 Å². The molecule has 1 aromatic carbocycles. The summed E-state index contributed by atoms with van der Waals surface area (Å²) in [5, 5.41) is 4.97. The smallest absolute Gasteiger partial charge is 0.274 e. The molecule has 0 spiro atoms. The lowest BCUT2D eigenvalue weighted by Gasteiger charge is -2.36. The van der Waals surface area contributed by atoms with Crippen molar-refractivity contribution in [1.82, 2.24) is 14.7 Å². The SMILES string of the molecule is CC(C)Cn1nc(C(=O)N2CCN(c3ccccc3Cl)CC2)ccc1=O. The van der Waals surface area contributed by atoms with E-state index in [1.807, 2.05) is 38.1 Å². The van der Waals surface area contributed by atoms with Gasteiger partial charge in [0.05, 0.1) is 10.7 Å². The lowest BCUT2D eigenvalue weighted by molar-refractivity contribution is 0.0737. The maximum absolute atomic E-state index is 12.8. The third kappa shape index (κ3) is 4.07. The second kappa shape index (κ2) is 7.91. The molecule has 6 nitrogen and oxygen atoms in total. The van der Waals surface area contributed by atoms with Gasteiger partial charge in [0.15, 0.2) is 0 Å². The number of nitrogens with zero attached hydrogens (tertiary/aromatic N) is 4. The molecule has 1 aliphatic rings. The van der Waals surface area contributed by atoms with Crippen molar-refractivity contribution in [3.8, 4) is 0 Å². The molecule has 1 fully saturated rings. The Balaban J connectivity index is 1.69. The van der Waals surface area contributed by atoms with Crippen LogP contribution in [-0.2, 0) is 6.54 Å². The molecule has 1 amide bonds. The summed E-state index contributed by atoms with van der Waals surface area (Å²) in [5.74, 6) is 0.144. The summed E-state index contributed by atoms with van der Waals surface area (Å²) in [6.07, 6.45) is 0. The first-order valence-corrected chi connectivity index (χ1v) is 9.20. The molecule has 3 rings (SSSR count). The van der Waals surface area contributed by atoms with Gasteiger partial charge in [0.25, 0.3) is 11.5 Å². The van der Waals surface area contributed by atoms with Gasteiger partial charge in [-0.15, -0.1) is 0 Å². The highest BCUT2D eigenvalue weighted by molar-refractivity contribution is 6.33. The number of carbonyl (C=O) groups is 1. The van der Waals surface area contributed by atoms with Crippen LogP contribution < -0.4 is 10.5 Å². The number of amides is 1. The number of rotatable bonds is 4. The molecule has 0 saturated carbocycles. The Bertz CT molecular complexity index is 841. The van der Waals surface area contributed by atoms with Crippen molar-refractivity contribution < 1.29 is 4.79 Å². The van der Waals surface area contributed by atoms with Crippen molar-refractivity contribution >= 4 is 23.2 Å². The molecule has 1 saturated heterocycles. The minimum atomic E-state index is -0.182. The molecular weight excluding hydrogens is 352 g/mol. The summed E-state index contributed by atoms with van der Waals surface area (Å²) in [5.41, 5.74) is 1.13. The number of para-hydroxylation sites is 1. The minimum absolute atomic E-state index is 0.138. The Hall–Kier alpha value is -2.34. The predicted molar refractivity (Wildman–Crippen MR) is 103 cm³/mol. The Morgan fingerprint density at radius 1 is 1.12 bits per heavy atom. The highest BCUT2D eigenvalue weighted by Gasteiger charge is 2.24. The van der Waals surface area contributed by atoms with E-state index in [1.54, 1.807) is 4.90 Å². The zero-order valence-electron chi connectivity index (χ0n) is 15.1. The molecule has 1 aromatic heterocycles. The van der Waals surface area contributed by atoms with Crippen LogP contribution in [0, 0.1) is 5.92 Å². The summed E-state index contributed by atoms with van der Waals surface area (Å²) in [7, 11) is 0. The topological polar surface area (TPSA) is 58.4 Å². The molecule has 0 radical (unpaired) electrons. The van der Waals surface area contributed by atoms with Crippen LogP contribution in [0.2, 0.25) is 5.02 Å². The molecule has 0 bridgehead atoms. The van der Waals surface area contributed by atoms with Crippen LogP contribution in [0.15, 0.2) is 41.2 Å². The summed E-state index contributed by atoms with van der Waals surface area (Å²) < 4.78 is 1.37. The highest BCUT2D eigenvalue weighted by atomic mass is 35.5. The van der Waals surface area contributed by atoms with Crippen LogP contribution in [0.3, 0.4) is 0 Å². The first-order valence-electron chi connectivity index (χ1n) is 8.82. The number of carbonyl (C=O) groups excluding carboxylic acids is 1. The molecule has 0 N–H and O–H groups in total. The second-order valence-corrected chi connectivity index (χ2v) is 7.27. The average Bonchev–Trinajstić information content (AvgIpc) is 2.63. The molecule has 2 aromatic rings. The molecule has 0 atom stereocenters. The largest absolute Gasteiger partial charge is 0.367 e. The van der Waals surface area contributed by atoms with E-state index in [4.69, 9.17) is 11.6 Å². The van der Waals surface area contributed by atoms with Crippen molar-refractivity contribution in [2.45, 2.75) is 20.4 Å². The van der Waals surface area contributed by atoms with Crippen LogP contribution in [0.1, 0.15) is 24.3 Å². The van der Waals surface area contributed by atoms with Crippen LogP contribution >= 0.6 is 11.6 Å². The zero-order valence-corrected chi connectivity index (χ0v) is 15.8. The van der Waals surface area contributed by atoms with Gasteiger partial charge >= 0.3 is 0 Å². The Morgan fingerprint density at radius 3 is 2.46 bits per heavy atom. The van der Waals surface area contributed by atoms with Crippen molar-refractivity contribution in [3.05, 3.63) is 57.5 Å². The number of hydrogen-bond acceptors (Lipinski definition) is 4. The van der Waals surface area contributed by atoms with Crippen LogP contribution in [0.4, 0.5) is 5.69 Å². The van der Waals surface area contributed by atoms with Gasteiger partial charge in [-0.3, -0.25) is 9.59 Å². The third-order valence-corrected chi connectivity index (χ3v) is 4.70. The van der Waals surface area contributed by atoms with E-state index in [-0.39, 0.29) is 17.4 Å². The van der Waals surface area contributed by atoms with E-state index < -0.39 is 0 Å². The highest BCUT2D eigenvalue weighted by Crippen LogP contribution is 2.26. The Kier molecular flexibility index (Phi) is 5.61. The van der Waals surface area contributed by atoms with Gasteiger partial charge in [0.1, 0.15) is 5.69 Å². The van der Waals surface area contributed by atoms with Gasteiger partial charge in [-0.2, -0.15) is 5.10 Å². The van der Waals surface area contributed by atoms with E-state index in [0.29, 0.717) is 38.4 Å². The molecule has 1 aliphatic heterocycles. The normalized spacial score (nSPS) is 14.8. The molecule has 7 heteroatoms. The zero-order chi connectivity index (χ0) is 18.7. The number of halogens is 1. The fraction of sp³-hybridized carbons (Fsp3) is 0.421. The quantitative estimate of drug-likeness (QED) is 0.825. The fourth-order valence-electron chi connectivity index (χ4n) is 3.06. The van der Waals surface area contributed by atoms with E-state index in [2.05, 4.69) is 10.00 Å². The van der Waals surface area contributed by atoms with Crippen molar-refractivity contribution in [2.24, 2.45) is 5.92 Å². The monoisotopic (exact) mass is 374 g/mol. The van der Waals surface area contributed by atoms with Gasteiger partial charge in [-0.05, 0) is 24.1 Å².